The Morgan fingerprint density at radius 3 is 2.41 bits per heavy atom. The van der Waals surface area contributed by atoms with Crippen LogP contribution >= 0.6 is 24.0 Å². The number of carbonyl (C=O) groups is 1. The average Bonchev–Trinajstić information content (AvgIpc) is 3.20. The molecule has 1 N–H and O–H groups in total. The Morgan fingerprint density at radius 2 is 1.84 bits per heavy atom. The van der Waals surface area contributed by atoms with E-state index in [-0.39, 0.29) is 29.9 Å². The van der Waals surface area contributed by atoms with E-state index in [2.05, 4.69) is 59.8 Å². The van der Waals surface area contributed by atoms with Crippen LogP contribution in [0.25, 0.3) is 0 Å². The fourth-order valence-electron chi connectivity index (χ4n) is 4.53. The quantitative estimate of drug-likeness (QED) is 0.328. The molecule has 3 rings (SSSR count). The Kier molecular flexibility index (Phi) is 10.7. The molecular formula is C23H41IN6O2. The molecule has 1 aromatic rings. The van der Waals surface area contributed by atoms with Crippen LogP contribution in [0.2, 0.25) is 0 Å². The second kappa shape index (κ2) is 12.8. The summed E-state index contributed by atoms with van der Waals surface area (Å²) in [6, 6.07) is 1.99. The molecule has 2 atom stereocenters. The highest BCUT2D eigenvalue weighted by Gasteiger charge is 2.28. The molecule has 9 heteroatoms. The van der Waals surface area contributed by atoms with E-state index in [1.165, 1.54) is 6.42 Å². The van der Waals surface area contributed by atoms with Gasteiger partial charge in [0.15, 0.2) is 11.7 Å². The number of aliphatic imine (C=N–C) groups is 1. The number of hydrogen-bond donors (Lipinski definition) is 1. The molecule has 1 amide bonds. The lowest BCUT2D eigenvalue weighted by Gasteiger charge is -2.39. The Morgan fingerprint density at radius 1 is 1.19 bits per heavy atom. The third-order valence-corrected chi connectivity index (χ3v) is 6.14. The summed E-state index contributed by atoms with van der Waals surface area (Å²) in [4.78, 5) is 24.2. The van der Waals surface area contributed by atoms with Crippen molar-refractivity contribution >= 4 is 35.8 Å². The number of nitrogens with one attached hydrogen (secondary N) is 1. The van der Waals surface area contributed by atoms with Crippen LogP contribution in [0.1, 0.15) is 58.4 Å². The van der Waals surface area contributed by atoms with Crippen LogP contribution in [0.3, 0.4) is 0 Å². The van der Waals surface area contributed by atoms with Gasteiger partial charge in [0.2, 0.25) is 5.91 Å². The maximum atomic E-state index is 12.8. The van der Waals surface area contributed by atoms with Gasteiger partial charge in [0.05, 0.1) is 12.2 Å². The fraction of sp³-hybridized carbons (Fsp3) is 0.783. The minimum Gasteiger partial charge on any atom is -0.359 e. The second-order valence-electron chi connectivity index (χ2n) is 9.55. The molecule has 2 aliphatic heterocycles. The number of hydrogen-bond acceptors (Lipinski definition) is 5. The van der Waals surface area contributed by atoms with Crippen LogP contribution < -0.4 is 5.32 Å². The molecule has 32 heavy (non-hydrogen) atoms. The molecule has 8 nitrogen and oxygen atoms in total. The summed E-state index contributed by atoms with van der Waals surface area (Å²) in [6.45, 7) is 17.9. The van der Waals surface area contributed by atoms with Gasteiger partial charge in [0.1, 0.15) is 6.54 Å². The van der Waals surface area contributed by atoms with Gasteiger partial charge in [-0.25, -0.2) is 4.99 Å². The summed E-state index contributed by atoms with van der Waals surface area (Å²) in [5.41, 5.74) is 0.964. The van der Waals surface area contributed by atoms with Gasteiger partial charge in [0, 0.05) is 51.9 Å². The number of carbonyl (C=O) groups excluding carboxylic acids is 1. The van der Waals surface area contributed by atoms with Crippen molar-refractivity contribution < 1.29 is 9.32 Å². The molecule has 2 aliphatic rings. The summed E-state index contributed by atoms with van der Waals surface area (Å²) >= 11 is 0. The second-order valence-corrected chi connectivity index (χ2v) is 9.55. The molecular weight excluding hydrogens is 519 g/mol. The van der Waals surface area contributed by atoms with Crippen molar-refractivity contribution in [1.29, 1.82) is 0 Å². The first-order chi connectivity index (χ1) is 14.9. The van der Waals surface area contributed by atoms with E-state index < -0.39 is 0 Å². The largest absolute Gasteiger partial charge is 0.359 e. The van der Waals surface area contributed by atoms with Crippen molar-refractivity contribution in [3.63, 3.8) is 0 Å². The molecule has 1 aromatic heterocycles. The van der Waals surface area contributed by atoms with Crippen molar-refractivity contribution in [2.75, 3.05) is 52.4 Å². The van der Waals surface area contributed by atoms with Crippen LogP contribution in [-0.2, 0) is 11.3 Å². The van der Waals surface area contributed by atoms with E-state index in [1.54, 1.807) is 0 Å². The first kappa shape index (κ1) is 26.9. The molecule has 0 bridgehead atoms. The lowest BCUT2D eigenvalue weighted by atomic mass is 9.92. The van der Waals surface area contributed by atoms with Gasteiger partial charge >= 0.3 is 0 Å². The van der Waals surface area contributed by atoms with Crippen molar-refractivity contribution in [3.8, 4) is 0 Å². The molecule has 182 valence electrons. The summed E-state index contributed by atoms with van der Waals surface area (Å²) in [6.07, 6.45) is 1.22. The third-order valence-electron chi connectivity index (χ3n) is 6.14. The summed E-state index contributed by atoms with van der Waals surface area (Å²) < 4.78 is 5.42. The minimum atomic E-state index is 0. The predicted molar refractivity (Wildman–Crippen MR) is 138 cm³/mol. The lowest BCUT2D eigenvalue weighted by molar-refractivity contribution is -0.135. The van der Waals surface area contributed by atoms with Gasteiger partial charge in [-0.1, -0.05) is 32.9 Å². The summed E-state index contributed by atoms with van der Waals surface area (Å²) in [5.74, 6) is 3.51. The predicted octanol–water partition coefficient (Wildman–Crippen LogP) is 3.00. The number of piperazine rings is 1. The molecule has 0 saturated carbocycles. The zero-order chi connectivity index (χ0) is 22.4. The third kappa shape index (κ3) is 7.60. The fourth-order valence-corrected chi connectivity index (χ4v) is 4.53. The number of likely N-dealkylation sites (tertiary alicyclic amines) is 1. The molecule has 0 spiro atoms. The van der Waals surface area contributed by atoms with Crippen LogP contribution in [0.5, 0.6) is 0 Å². The number of aromatic nitrogens is 1. The Balaban J connectivity index is 0.00000363. The zero-order valence-corrected chi connectivity index (χ0v) is 22.7. The Labute approximate surface area is 210 Å². The van der Waals surface area contributed by atoms with Gasteiger partial charge in [0.25, 0.3) is 0 Å². The highest BCUT2D eigenvalue weighted by molar-refractivity contribution is 14.0. The van der Waals surface area contributed by atoms with E-state index in [0.717, 1.165) is 63.2 Å². The molecule has 0 aromatic carbocycles. The van der Waals surface area contributed by atoms with E-state index in [4.69, 9.17) is 9.52 Å². The standard InChI is InChI=1S/C23H40N6O2.HI/c1-6-24-23(25-13-20-12-21(17(2)3)26-31-20)28-9-7-27(8-10-28)16-22(30)29-14-18(4)11-19(5)15-29;/h12,17-19H,6-11,13-16H2,1-5H3,(H,24,25);1H. The van der Waals surface area contributed by atoms with Crippen molar-refractivity contribution in [2.45, 2.75) is 53.5 Å². The average molecular weight is 561 g/mol. The number of guanidine groups is 1. The molecule has 2 saturated heterocycles. The maximum Gasteiger partial charge on any atom is 0.236 e. The summed E-state index contributed by atoms with van der Waals surface area (Å²) in [7, 11) is 0. The van der Waals surface area contributed by atoms with E-state index in [9.17, 15) is 4.79 Å². The van der Waals surface area contributed by atoms with Gasteiger partial charge < -0.3 is 19.6 Å². The Bertz CT molecular complexity index is 735. The monoisotopic (exact) mass is 560 g/mol. The SMILES string of the molecule is CCNC(=NCc1cc(C(C)C)no1)N1CCN(CC(=O)N2CC(C)CC(C)C2)CC1.I. The Hall–Kier alpha value is -1.36. The molecule has 0 aliphatic carbocycles. The van der Waals surface area contributed by atoms with Crippen LogP contribution in [-0.4, -0.2) is 84.1 Å². The summed E-state index contributed by atoms with van der Waals surface area (Å²) in [5, 5.41) is 7.51. The smallest absolute Gasteiger partial charge is 0.236 e. The number of rotatable bonds is 6. The first-order valence-electron chi connectivity index (χ1n) is 11.8. The first-order valence-corrected chi connectivity index (χ1v) is 11.8. The van der Waals surface area contributed by atoms with Gasteiger partial charge in [-0.15, -0.1) is 24.0 Å². The van der Waals surface area contributed by atoms with Gasteiger partial charge in [-0.3, -0.25) is 9.69 Å². The lowest BCUT2D eigenvalue weighted by Crippen LogP contribution is -2.55. The van der Waals surface area contributed by atoms with Crippen LogP contribution in [0.4, 0.5) is 0 Å². The number of piperidine rings is 1. The topological polar surface area (TPSA) is 77.2 Å². The molecule has 2 fully saturated rings. The number of amides is 1. The highest BCUT2D eigenvalue weighted by Crippen LogP contribution is 2.21. The zero-order valence-electron chi connectivity index (χ0n) is 20.3. The molecule has 3 heterocycles. The van der Waals surface area contributed by atoms with Crippen LogP contribution in [0, 0.1) is 11.8 Å². The van der Waals surface area contributed by atoms with Gasteiger partial charge in [-0.2, -0.15) is 0 Å². The van der Waals surface area contributed by atoms with Crippen molar-refractivity contribution in [1.82, 2.24) is 25.2 Å². The van der Waals surface area contributed by atoms with Crippen molar-refractivity contribution in [2.24, 2.45) is 16.8 Å². The number of halogens is 1. The normalized spacial score (nSPS) is 22.8. The van der Waals surface area contributed by atoms with E-state index >= 15 is 0 Å². The van der Waals surface area contributed by atoms with Crippen molar-refractivity contribution in [3.05, 3.63) is 17.5 Å². The van der Waals surface area contributed by atoms with Gasteiger partial charge in [-0.05, 0) is 31.1 Å². The highest BCUT2D eigenvalue weighted by atomic mass is 127. The molecule has 0 radical (unpaired) electrons. The number of nitrogens with zero attached hydrogens (tertiary/aromatic N) is 5. The maximum absolute atomic E-state index is 12.8. The molecule has 2 unspecified atom stereocenters. The van der Waals surface area contributed by atoms with E-state index in [0.29, 0.717) is 30.8 Å². The van der Waals surface area contributed by atoms with Crippen LogP contribution in [0.15, 0.2) is 15.6 Å². The van der Waals surface area contributed by atoms with E-state index in [1.807, 2.05) is 6.07 Å². The minimum absolute atomic E-state index is 0.